The van der Waals surface area contributed by atoms with Gasteiger partial charge in [0.15, 0.2) is 0 Å². The van der Waals surface area contributed by atoms with E-state index >= 15 is 0 Å². The fraction of sp³-hybridized carbons (Fsp3) is 0.931. The predicted molar refractivity (Wildman–Crippen MR) is 136 cm³/mol. The van der Waals surface area contributed by atoms with Crippen LogP contribution in [0.1, 0.15) is 163 Å². The molecule has 0 saturated carbocycles. The van der Waals surface area contributed by atoms with Crippen molar-refractivity contribution in [1.29, 1.82) is 0 Å². The highest BCUT2D eigenvalue weighted by Gasteiger charge is 2.05. The molecule has 0 aliphatic carbocycles. The lowest BCUT2D eigenvalue weighted by atomic mass is 9.93. The number of allylic oxidation sites excluding steroid dienone is 2. The molecule has 0 aliphatic rings. The molecule has 0 heterocycles. The Morgan fingerprint density at radius 3 is 1.41 bits per heavy atom. The summed E-state index contributed by atoms with van der Waals surface area (Å²) in [5.41, 5.74) is 0. The monoisotopic (exact) mass is 406 g/mol. The van der Waals surface area contributed by atoms with E-state index in [1.807, 2.05) is 0 Å². The Hall–Kier alpha value is -0.260. The van der Waals surface area contributed by atoms with Gasteiger partial charge >= 0.3 is 0 Å². The first-order valence-electron chi connectivity index (χ1n) is 13.9. The van der Waals surface area contributed by atoms with Crippen LogP contribution in [-0.4, -0.2) is 0 Å². The second-order valence-electron chi connectivity index (χ2n) is 10.0. The second kappa shape index (κ2) is 24.0. The van der Waals surface area contributed by atoms with E-state index < -0.39 is 0 Å². The van der Waals surface area contributed by atoms with Gasteiger partial charge in [0.1, 0.15) is 0 Å². The molecule has 0 radical (unpaired) electrons. The summed E-state index contributed by atoms with van der Waals surface area (Å²) in [6, 6.07) is 0. The number of rotatable bonds is 23. The lowest BCUT2D eigenvalue weighted by Gasteiger charge is -2.13. The van der Waals surface area contributed by atoms with Crippen LogP contribution in [-0.2, 0) is 0 Å². The molecule has 0 saturated heterocycles. The molecular weight excluding hydrogens is 348 g/mol. The van der Waals surface area contributed by atoms with E-state index in [9.17, 15) is 0 Å². The van der Waals surface area contributed by atoms with Crippen LogP contribution in [0.25, 0.3) is 0 Å². The molecule has 0 aliphatic heterocycles. The molecule has 29 heavy (non-hydrogen) atoms. The fourth-order valence-electron chi connectivity index (χ4n) is 4.38. The Bertz CT molecular complexity index is 316. The van der Waals surface area contributed by atoms with E-state index in [4.69, 9.17) is 0 Å². The topological polar surface area (TPSA) is 0 Å². The highest BCUT2D eigenvalue weighted by Crippen LogP contribution is 2.20. The maximum Gasteiger partial charge on any atom is -0.0325 e. The van der Waals surface area contributed by atoms with Crippen LogP contribution in [0.3, 0.4) is 0 Å². The lowest BCUT2D eigenvalue weighted by Crippen LogP contribution is -1.98. The number of hydrogen-bond donors (Lipinski definition) is 0. The fourth-order valence-corrected chi connectivity index (χ4v) is 4.38. The zero-order chi connectivity index (χ0) is 21.4. The van der Waals surface area contributed by atoms with Gasteiger partial charge in [-0.15, -0.1) is 0 Å². The number of unbranched alkanes of at least 4 members (excludes halogenated alkanes) is 14. The van der Waals surface area contributed by atoms with Crippen LogP contribution in [0.5, 0.6) is 0 Å². The Morgan fingerprint density at radius 2 is 0.897 bits per heavy atom. The summed E-state index contributed by atoms with van der Waals surface area (Å²) in [5, 5.41) is 0. The van der Waals surface area contributed by atoms with Crippen molar-refractivity contribution in [2.45, 2.75) is 163 Å². The molecule has 0 heteroatoms. The zero-order valence-electron chi connectivity index (χ0n) is 21.2. The summed E-state index contributed by atoms with van der Waals surface area (Å²) in [4.78, 5) is 0. The minimum Gasteiger partial charge on any atom is -0.0885 e. The van der Waals surface area contributed by atoms with Crippen molar-refractivity contribution in [3.63, 3.8) is 0 Å². The Labute approximate surface area is 186 Å². The quantitative estimate of drug-likeness (QED) is 0.117. The predicted octanol–water partition coefficient (Wildman–Crippen LogP) is 11.0. The van der Waals surface area contributed by atoms with Gasteiger partial charge in [0.05, 0.1) is 0 Å². The minimum absolute atomic E-state index is 0.872. The highest BCUT2D eigenvalue weighted by molar-refractivity contribution is 4.82. The standard InChI is InChI=1S/C29H58/c1-5-7-9-11-12-13-14-15-16-17-18-19-20-22-25-29(4)27-23-26-28(3)24-21-10-8-6-2/h10,21,28-29H,5-9,11-20,22-27H2,1-4H3. The second-order valence-corrected chi connectivity index (χ2v) is 10.0. The van der Waals surface area contributed by atoms with Crippen molar-refractivity contribution >= 4 is 0 Å². The van der Waals surface area contributed by atoms with Crippen LogP contribution < -0.4 is 0 Å². The first kappa shape index (κ1) is 28.7. The van der Waals surface area contributed by atoms with Crippen molar-refractivity contribution in [1.82, 2.24) is 0 Å². The van der Waals surface area contributed by atoms with E-state index in [-0.39, 0.29) is 0 Å². The van der Waals surface area contributed by atoms with Gasteiger partial charge in [-0.2, -0.15) is 0 Å². The maximum atomic E-state index is 2.48. The molecule has 0 aromatic heterocycles. The molecule has 0 fully saturated rings. The van der Waals surface area contributed by atoms with E-state index in [0.717, 1.165) is 11.8 Å². The molecular formula is C29H58. The molecule has 0 N–H and O–H groups in total. The third kappa shape index (κ3) is 23.9. The molecule has 2 atom stereocenters. The average Bonchev–Trinajstić information content (AvgIpc) is 2.71. The van der Waals surface area contributed by atoms with Crippen LogP contribution in [0.4, 0.5) is 0 Å². The molecule has 0 aromatic rings. The molecule has 174 valence electrons. The summed E-state index contributed by atoms with van der Waals surface area (Å²) < 4.78 is 0. The molecule has 0 amide bonds. The smallest absolute Gasteiger partial charge is 0.0325 e. The van der Waals surface area contributed by atoms with Gasteiger partial charge in [-0.1, -0.05) is 162 Å². The van der Waals surface area contributed by atoms with E-state index in [1.165, 1.54) is 135 Å². The largest absolute Gasteiger partial charge is 0.0885 e. The van der Waals surface area contributed by atoms with Crippen molar-refractivity contribution in [2.75, 3.05) is 0 Å². The summed E-state index contributed by atoms with van der Waals surface area (Å²) in [7, 11) is 0. The first-order valence-corrected chi connectivity index (χ1v) is 13.9. The normalized spacial score (nSPS) is 13.9. The average molecular weight is 407 g/mol. The van der Waals surface area contributed by atoms with Crippen molar-refractivity contribution in [3.8, 4) is 0 Å². The van der Waals surface area contributed by atoms with E-state index in [2.05, 4.69) is 39.8 Å². The molecule has 2 unspecified atom stereocenters. The van der Waals surface area contributed by atoms with Crippen molar-refractivity contribution in [3.05, 3.63) is 12.2 Å². The first-order chi connectivity index (χ1) is 14.2. The molecule has 0 bridgehead atoms. The van der Waals surface area contributed by atoms with Crippen LogP contribution in [0.15, 0.2) is 12.2 Å². The molecule has 0 rings (SSSR count). The van der Waals surface area contributed by atoms with E-state index in [1.54, 1.807) is 0 Å². The van der Waals surface area contributed by atoms with Gasteiger partial charge < -0.3 is 0 Å². The Kier molecular flexibility index (Phi) is 23.8. The van der Waals surface area contributed by atoms with Crippen LogP contribution in [0.2, 0.25) is 0 Å². The van der Waals surface area contributed by atoms with Gasteiger partial charge in [0, 0.05) is 0 Å². The van der Waals surface area contributed by atoms with Gasteiger partial charge in [-0.05, 0) is 24.7 Å². The van der Waals surface area contributed by atoms with E-state index in [0.29, 0.717) is 0 Å². The molecule has 0 nitrogen and oxygen atoms in total. The summed E-state index contributed by atoms with van der Waals surface area (Å²) in [6.45, 7) is 9.47. The summed E-state index contributed by atoms with van der Waals surface area (Å²) in [5.74, 6) is 1.81. The maximum absolute atomic E-state index is 2.48. The van der Waals surface area contributed by atoms with Gasteiger partial charge in [0.2, 0.25) is 0 Å². The summed E-state index contributed by atoms with van der Waals surface area (Å²) in [6.07, 6.45) is 34.9. The SMILES string of the molecule is CCCC=CCC(C)CCCC(C)CCCCCCCCCCCCCCCC. The third-order valence-corrected chi connectivity index (χ3v) is 6.60. The van der Waals surface area contributed by atoms with Crippen LogP contribution >= 0.6 is 0 Å². The Balaban J connectivity index is 3.26. The van der Waals surface area contributed by atoms with Crippen molar-refractivity contribution in [2.24, 2.45) is 11.8 Å². The molecule has 0 aromatic carbocycles. The molecule has 0 spiro atoms. The number of hydrogen-bond acceptors (Lipinski definition) is 0. The third-order valence-electron chi connectivity index (χ3n) is 6.60. The van der Waals surface area contributed by atoms with Gasteiger partial charge in [0.25, 0.3) is 0 Å². The minimum atomic E-state index is 0.872. The zero-order valence-corrected chi connectivity index (χ0v) is 21.2. The van der Waals surface area contributed by atoms with Gasteiger partial charge in [-0.25, -0.2) is 0 Å². The lowest BCUT2D eigenvalue weighted by molar-refractivity contribution is 0.409. The van der Waals surface area contributed by atoms with Crippen LogP contribution in [0, 0.1) is 11.8 Å². The van der Waals surface area contributed by atoms with Gasteiger partial charge in [-0.3, -0.25) is 0 Å². The van der Waals surface area contributed by atoms with Crippen molar-refractivity contribution < 1.29 is 0 Å². The highest BCUT2D eigenvalue weighted by atomic mass is 14.1. The Morgan fingerprint density at radius 1 is 0.448 bits per heavy atom. The summed E-state index contributed by atoms with van der Waals surface area (Å²) >= 11 is 0.